The lowest BCUT2D eigenvalue weighted by atomic mass is 9.81. The SMILES string of the molecule is Cc1ccsc1C(O)C1(C#N)CCOC1. The number of thiophene rings is 1. The zero-order chi connectivity index (χ0) is 10.9. The Morgan fingerprint density at radius 2 is 2.53 bits per heavy atom. The Morgan fingerprint density at radius 1 is 1.73 bits per heavy atom. The minimum atomic E-state index is -0.740. The van der Waals surface area contributed by atoms with Gasteiger partial charge in [0.05, 0.1) is 12.7 Å². The molecule has 0 aromatic carbocycles. The molecular weight excluding hydrogens is 210 g/mol. The van der Waals surface area contributed by atoms with E-state index in [-0.39, 0.29) is 0 Å². The fourth-order valence-corrected chi connectivity index (χ4v) is 2.89. The minimum Gasteiger partial charge on any atom is -0.386 e. The lowest BCUT2D eigenvalue weighted by molar-refractivity contribution is 0.0526. The van der Waals surface area contributed by atoms with Crippen LogP contribution in [0.3, 0.4) is 0 Å². The summed E-state index contributed by atoms with van der Waals surface area (Å²) in [6, 6.07) is 4.19. The van der Waals surface area contributed by atoms with E-state index in [1.165, 1.54) is 11.3 Å². The van der Waals surface area contributed by atoms with E-state index >= 15 is 0 Å². The van der Waals surface area contributed by atoms with Gasteiger partial charge in [0.1, 0.15) is 11.5 Å². The Balaban J connectivity index is 2.31. The topological polar surface area (TPSA) is 53.2 Å². The summed E-state index contributed by atoms with van der Waals surface area (Å²) in [5, 5.41) is 21.4. The van der Waals surface area contributed by atoms with Gasteiger partial charge in [-0.3, -0.25) is 0 Å². The third-order valence-corrected chi connectivity index (χ3v) is 4.02. The zero-order valence-corrected chi connectivity index (χ0v) is 9.38. The maximum Gasteiger partial charge on any atom is 0.114 e. The van der Waals surface area contributed by atoms with Crippen molar-refractivity contribution < 1.29 is 9.84 Å². The van der Waals surface area contributed by atoms with E-state index in [1.807, 2.05) is 18.4 Å². The molecule has 1 aliphatic heterocycles. The molecule has 2 rings (SSSR count). The molecule has 0 bridgehead atoms. The number of rotatable bonds is 2. The predicted molar refractivity (Wildman–Crippen MR) is 57.5 cm³/mol. The second-order valence-corrected chi connectivity index (χ2v) is 4.89. The van der Waals surface area contributed by atoms with Gasteiger partial charge < -0.3 is 9.84 Å². The van der Waals surface area contributed by atoms with Crippen molar-refractivity contribution in [2.75, 3.05) is 13.2 Å². The number of aliphatic hydroxyl groups excluding tert-OH is 1. The summed E-state index contributed by atoms with van der Waals surface area (Å²) < 4.78 is 5.23. The first-order valence-electron chi connectivity index (χ1n) is 4.91. The van der Waals surface area contributed by atoms with Crippen LogP contribution in [0.5, 0.6) is 0 Å². The van der Waals surface area contributed by atoms with Gasteiger partial charge in [0, 0.05) is 11.5 Å². The molecule has 3 nitrogen and oxygen atoms in total. The molecule has 2 unspecified atom stereocenters. The summed E-state index contributed by atoms with van der Waals surface area (Å²) in [6.07, 6.45) is -0.104. The molecule has 1 saturated heterocycles. The Hall–Kier alpha value is -0.890. The van der Waals surface area contributed by atoms with Crippen molar-refractivity contribution in [2.45, 2.75) is 19.4 Å². The molecular formula is C11H13NO2S. The Bertz CT molecular complexity index is 388. The summed E-state index contributed by atoms with van der Waals surface area (Å²) in [6.45, 7) is 2.85. The molecule has 1 aromatic rings. The first-order chi connectivity index (χ1) is 7.19. The van der Waals surface area contributed by atoms with Gasteiger partial charge in [-0.2, -0.15) is 5.26 Å². The average molecular weight is 223 g/mol. The monoisotopic (exact) mass is 223 g/mol. The third kappa shape index (κ3) is 1.67. The fraction of sp³-hybridized carbons (Fsp3) is 0.545. The summed E-state index contributed by atoms with van der Waals surface area (Å²) in [7, 11) is 0. The molecule has 0 amide bonds. The molecule has 0 spiro atoms. The van der Waals surface area contributed by atoms with Crippen LogP contribution in [0.4, 0.5) is 0 Å². The number of hydrogen-bond donors (Lipinski definition) is 1. The highest BCUT2D eigenvalue weighted by molar-refractivity contribution is 7.10. The molecule has 15 heavy (non-hydrogen) atoms. The molecule has 1 aliphatic rings. The van der Waals surface area contributed by atoms with Gasteiger partial charge >= 0.3 is 0 Å². The molecule has 2 heterocycles. The summed E-state index contributed by atoms with van der Waals surface area (Å²) in [5.41, 5.74) is 0.310. The molecule has 1 aromatic heterocycles. The lowest BCUT2D eigenvalue weighted by Gasteiger charge is -2.25. The Labute approximate surface area is 92.9 Å². The van der Waals surface area contributed by atoms with E-state index < -0.39 is 11.5 Å². The second kappa shape index (κ2) is 3.93. The Kier molecular flexibility index (Phi) is 2.79. The van der Waals surface area contributed by atoms with Crippen molar-refractivity contribution in [3.05, 3.63) is 21.9 Å². The van der Waals surface area contributed by atoms with Gasteiger partial charge in [0.25, 0.3) is 0 Å². The van der Waals surface area contributed by atoms with Crippen LogP contribution in [0.2, 0.25) is 0 Å². The Morgan fingerprint density at radius 3 is 3.00 bits per heavy atom. The lowest BCUT2D eigenvalue weighted by Crippen LogP contribution is -2.27. The van der Waals surface area contributed by atoms with Gasteiger partial charge in [0.2, 0.25) is 0 Å². The summed E-state index contributed by atoms with van der Waals surface area (Å²) in [4.78, 5) is 0.891. The molecule has 2 atom stereocenters. The standard InChI is InChI=1S/C11H13NO2S/c1-8-2-5-15-9(8)10(13)11(6-12)3-4-14-7-11/h2,5,10,13H,3-4,7H2,1H3. The molecule has 1 N–H and O–H groups in total. The van der Waals surface area contributed by atoms with Gasteiger partial charge in [-0.05, 0) is 30.4 Å². The first-order valence-corrected chi connectivity index (χ1v) is 5.79. The number of nitrogens with zero attached hydrogens (tertiary/aromatic N) is 1. The third-order valence-electron chi connectivity index (χ3n) is 2.95. The highest BCUT2D eigenvalue weighted by atomic mass is 32.1. The van der Waals surface area contributed by atoms with Crippen LogP contribution >= 0.6 is 11.3 Å². The number of aryl methyl sites for hydroxylation is 1. The molecule has 80 valence electrons. The maximum absolute atomic E-state index is 10.2. The fourth-order valence-electron chi connectivity index (χ4n) is 1.86. The van der Waals surface area contributed by atoms with Crippen molar-refractivity contribution >= 4 is 11.3 Å². The van der Waals surface area contributed by atoms with Gasteiger partial charge in [-0.25, -0.2) is 0 Å². The van der Waals surface area contributed by atoms with Crippen molar-refractivity contribution in [3.63, 3.8) is 0 Å². The number of ether oxygens (including phenoxy) is 1. The van der Waals surface area contributed by atoms with Crippen molar-refractivity contribution in [1.82, 2.24) is 0 Å². The van der Waals surface area contributed by atoms with E-state index in [2.05, 4.69) is 6.07 Å². The molecule has 1 fully saturated rings. The van der Waals surface area contributed by atoms with Gasteiger partial charge in [0.15, 0.2) is 0 Å². The molecule has 4 heteroatoms. The molecule has 0 aliphatic carbocycles. The first kappa shape index (κ1) is 10.6. The van der Waals surface area contributed by atoms with E-state index in [0.717, 1.165) is 10.4 Å². The number of nitriles is 1. The smallest absolute Gasteiger partial charge is 0.114 e. The van der Waals surface area contributed by atoms with Crippen LogP contribution in [0.25, 0.3) is 0 Å². The molecule has 0 saturated carbocycles. The average Bonchev–Trinajstić information content (AvgIpc) is 2.86. The highest BCUT2D eigenvalue weighted by Gasteiger charge is 2.43. The highest BCUT2D eigenvalue weighted by Crippen LogP contribution is 2.43. The maximum atomic E-state index is 10.2. The summed E-state index contributed by atoms with van der Waals surface area (Å²) >= 11 is 1.50. The van der Waals surface area contributed by atoms with E-state index in [0.29, 0.717) is 19.6 Å². The molecule has 0 radical (unpaired) electrons. The number of aliphatic hydroxyl groups is 1. The van der Waals surface area contributed by atoms with Crippen molar-refractivity contribution in [2.24, 2.45) is 5.41 Å². The van der Waals surface area contributed by atoms with Crippen molar-refractivity contribution in [3.8, 4) is 6.07 Å². The van der Waals surface area contributed by atoms with Crippen LogP contribution in [-0.2, 0) is 4.74 Å². The van der Waals surface area contributed by atoms with Gasteiger partial charge in [-0.15, -0.1) is 11.3 Å². The number of hydrogen-bond acceptors (Lipinski definition) is 4. The quantitative estimate of drug-likeness (QED) is 0.834. The van der Waals surface area contributed by atoms with Crippen LogP contribution in [0, 0.1) is 23.7 Å². The zero-order valence-electron chi connectivity index (χ0n) is 8.56. The second-order valence-electron chi connectivity index (χ2n) is 3.94. The van der Waals surface area contributed by atoms with Crippen LogP contribution in [-0.4, -0.2) is 18.3 Å². The van der Waals surface area contributed by atoms with Crippen LogP contribution in [0.1, 0.15) is 23.0 Å². The van der Waals surface area contributed by atoms with E-state index in [9.17, 15) is 10.4 Å². The summed E-state index contributed by atoms with van der Waals surface area (Å²) in [5.74, 6) is 0. The van der Waals surface area contributed by atoms with E-state index in [4.69, 9.17) is 4.74 Å². The minimum absolute atomic E-state index is 0.335. The van der Waals surface area contributed by atoms with Crippen molar-refractivity contribution in [1.29, 1.82) is 5.26 Å². The van der Waals surface area contributed by atoms with Crippen LogP contribution < -0.4 is 0 Å². The predicted octanol–water partition coefficient (Wildman–Crippen LogP) is 2.02. The van der Waals surface area contributed by atoms with Crippen LogP contribution in [0.15, 0.2) is 11.4 Å². The normalized spacial score (nSPS) is 27.5. The van der Waals surface area contributed by atoms with Gasteiger partial charge in [-0.1, -0.05) is 0 Å². The van der Waals surface area contributed by atoms with E-state index in [1.54, 1.807) is 0 Å². The largest absolute Gasteiger partial charge is 0.386 e.